The smallest absolute Gasteiger partial charge is 0.141 e. The van der Waals surface area contributed by atoms with Gasteiger partial charge in [-0.15, -0.1) is 0 Å². The highest BCUT2D eigenvalue weighted by atomic mass is 16.3. The summed E-state index contributed by atoms with van der Waals surface area (Å²) in [4.78, 5) is 11.4. The molecule has 0 aromatic heterocycles. The fraction of sp³-hybridized carbons (Fsp3) is 0.889. The summed E-state index contributed by atoms with van der Waals surface area (Å²) in [6, 6.07) is 0. The molecule has 64 valence electrons. The maximum atomic E-state index is 11.4. The van der Waals surface area contributed by atoms with E-state index in [4.69, 9.17) is 0 Å². The van der Waals surface area contributed by atoms with Crippen LogP contribution in [0.5, 0.6) is 0 Å². The van der Waals surface area contributed by atoms with Crippen LogP contribution in [0.3, 0.4) is 0 Å². The molecule has 3 unspecified atom stereocenters. The second-order valence-electron chi connectivity index (χ2n) is 3.58. The van der Waals surface area contributed by atoms with Crippen molar-refractivity contribution in [2.24, 2.45) is 11.8 Å². The van der Waals surface area contributed by atoms with Crippen LogP contribution in [0.2, 0.25) is 0 Å². The summed E-state index contributed by atoms with van der Waals surface area (Å²) in [7, 11) is 0. The van der Waals surface area contributed by atoms with Crippen molar-refractivity contribution < 1.29 is 9.90 Å². The van der Waals surface area contributed by atoms with Gasteiger partial charge in [-0.2, -0.15) is 0 Å². The van der Waals surface area contributed by atoms with Crippen molar-refractivity contribution in [2.45, 2.75) is 39.2 Å². The fourth-order valence-electron chi connectivity index (χ4n) is 1.77. The molecule has 1 aliphatic carbocycles. The predicted octanol–water partition coefficient (Wildman–Crippen LogP) is 1.37. The third-order valence-corrected chi connectivity index (χ3v) is 2.59. The SMILES string of the molecule is CC1CCCC(C(C)O)C1=O. The van der Waals surface area contributed by atoms with Crippen LogP contribution < -0.4 is 0 Å². The van der Waals surface area contributed by atoms with Crippen molar-refractivity contribution in [3.05, 3.63) is 0 Å². The Kier molecular flexibility index (Phi) is 2.66. The largest absolute Gasteiger partial charge is 0.393 e. The van der Waals surface area contributed by atoms with E-state index >= 15 is 0 Å². The molecule has 0 saturated heterocycles. The van der Waals surface area contributed by atoms with E-state index in [1.807, 2.05) is 6.92 Å². The number of carbonyl (C=O) groups is 1. The van der Waals surface area contributed by atoms with Gasteiger partial charge in [0.2, 0.25) is 0 Å². The zero-order valence-electron chi connectivity index (χ0n) is 7.21. The first kappa shape index (κ1) is 8.72. The summed E-state index contributed by atoms with van der Waals surface area (Å²) in [5, 5.41) is 9.24. The highest BCUT2D eigenvalue weighted by Gasteiger charge is 2.30. The first-order valence-corrected chi connectivity index (χ1v) is 4.34. The summed E-state index contributed by atoms with van der Waals surface area (Å²) < 4.78 is 0. The fourth-order valence-corrected chi connectivity index (χ4v) is 1.77. The molecule has 0 heterocycles. The minimum absolute atomic E-state index is 0.0845. The number of Topliss-reactive ketones (excluding diaryl/α,β-unsaturated/α-hetero) is 1. The van der Waals surface area contributed by atoms with Crippen molar-refractivity contribution in [1.82, 2.24) is 0 Å². The van der Waals surface area contributed by atoms with E-state index in [1.54, 1.807) is 6.92 Å². The van der Waals surface area contributed by atoms with Gasteiger partial charge >= 0.3 is 0 Å². The van der Waals surface area contributed by atoms with Crippen LogP contribution in [0.4, 0.5) is 0 Å². The molecule has 1 saturated carbocycles. The zero-order chi connectivity index (χ0) is 8.43. The van der Waals surface area contributed by atoms with E-state index in [0.717, 1.165) is 19.3 Å². The quantitative estimate of drug-likeness (QED) is 0.622. The maximum Gasteiger partial charge on any atom is 0.141 e. The Morgan fingerprint density at radius 1 is 1.55 bits per heavy atom. The minimum atomic E-state index is -0.453. The molecule has 0 amide bonds. The highest BCUT2D eigenvalue weighted by molar-refractivity contribution is 5.84. The summed E-state index contributed by atoms with van der Waals surface area (Å²) in [6.45, 7) is 3.66. The van der Waals surface area contributed by atoms with Crippen LogP contribution in [0.25, 0.3) is 0 Å². The average molecular weight is 156 g/mol. The van der Waals surface area contributed by atoms with E-state index in [2.05, 4.69) is 0 Å². The number of aliphatic hydroxyl groups is 1. The molecule has 0 radical (unpaired) electrons. The molecular formula is C9H16O2. The molecule has 0 aliphatic heterocycles. The van der Waals surface area contributed by atoms with Crippen LogP contribution in [0, 0.1) is 11.8 Å². The van der Waals surface area contributed by atoms with Gasteiger partial charge < -0.3 is 5.11 Å². The van der Waals surface area contributed by atoms with Gasteiger partial charge in [0, 0.05) is 11.8 Å². The number of hydrogen-bond acceptors (Lipinski definition) is 2. The lowest BCUT2D eigenvalue weighted by Crippen LogP contribution is -2.33. The first-order valence-electron chi connectivity index (χ1n) is 4.34. The molecule has 1 fully saturated rings. The van der Waals surface area contributed by atoms with E-state index in [1.165, 1.54) is 0 Å². The van der Waals surface area contributed by atoms with Gasteiger partial charge in [0.15, 0.2) is 0 Å². The third-order valence-electron chi connectivity index (χ3n) is 2.59. The molecule has 11 heavy (non-hydrogen) atoms. The Bertz CT molecular complexity index is 152. The lowest BCUT2D eigenvalue weighted by molar-refractivity contribution is -0.132. The zero-order valence-corrected chi connectivity index (χ0v) is 7.21. The second-order valence-corrected chi connectivity index (χ2v) is 3.58. The first-order chi connectivity index (χ1) is 5.13. The molecule has 0 spiro atoms. The second kappa shape index (κ2) is 3.35. The Balaban J connectivity index is 2.58. The molecule has 3 atom stereocenters. The molecule has 1 N–H and O–H groups in total. The third kappa shape index (κ3) is 1.80. The molecule has 2 heteroatoms. The van der Waals surface area contributed by atoms with Crippen molar-refractivity contribution in [3.63, 3.8) is 0 Å². The topological polar surface area (TPSA) is 37.3 Å². The van der Waals surface area contributed by atoms with Crippen molar-refractivity contribution >= 4 is 5.78 Å². The lowest BCUT2D eigenvalue weighted by Gasteiger charge is -2.27. The Hall–Kier alpha value is -0.370. The van der Waals surface area contributed by atoms with Crippen LogP contribution in [-0.4, -0.2) is 17.0 Å². The molecule has 1 rings (SSSR count). The van der Waals surface area contributed by atoms with Crippen molar-refractivity contribution in [2.75, 3.05) is 0 Å². The Labute approximate surface area is 67.6 Å². The van der Waals surface area contributed by atoms with Crippen molar-refractivity contribution in [3.8, 4) is 0 Å². The standard InChI is InChI=1S/C9H16O2/c1-6-4-3-5-8(7(2)10)9(6)11/h6-8,10H,3-5H2,1-2H3. The molecular weight excluding hydrogens is 140 g/mol. The number of hydrogen-bond donors (Lipinski definition) is 1. The summed E-state index contributed by atoms with van der Waals surface area (Å²) in [6.07, 6.45) is 2.51. The highest BCUT2D eigenvalue weighted by Crippen LogP contribution is 2.27. The van der Waals surface area contributed by atoms with Gasteiger partial charge in [-0.1, -0.05) is 13.3 Å². The number of ketones is 1. The number of aliphatic hydroxyl groups excluding tert-OH is 1. The summed E-state index contributed by atoms with van der Waals surface area (Å²) in [5.74, 6) is 0.341. The summed E-state index contributed by atoms with van der Waals surface area (Å²) in [5.41, 5.74) is 0. The van der Waals surface area contributed by atoms with Crippen LogP contribution in [-0.2, 0) is 4.79 Å². The maximum absolute atomic E-state index is 11.4. The molecule has 0 aromatic carbocycles. The predicted molar refractivity (Wildman–Crippen MR) is 43.2 cm³/mol. The molecule has 0 bridgehead atoms. The normalized spacial score (nSPS) is 35.4. The number of rotatable bonds is 1. The van der Waals surface area contributed by atoms with Gasteiger partial charge in [0.25, 0.3) is 0 Å². The molecule has 0 aromatic rings. The minimum Gasteiger partial charge on any atom is -0.393 e. The van der Waals surface area contributed by atoms with Crippen LogP contribution >= 0.6 is 0 Å². The molecule has 1 aliphatic rings. The number of carbonyl (C=O) groups excluding carboxylic acids is 1. The molecule has 2 nitrogen and oxygen atoms in total. The van der Waals surface area contributed by atoms with Crippen LogP contribution in [0.1, 0.15) is 33.1 Å². The van der Waals surface area contributed by atoms with Gasteiger partial charge in [-0.05, 0) is 19.8 Å². The lowest BCUT2D eigenvalue weighted by atomic mass is 9.79. The van der Waals surface area contributed by atoms with Gasteiger partial charge in [-0.25, -0.2) is 0 Å². The van der Waals surface area contributed by atoms with E-state index in [0.29, 0.717) is 0 Å². The van der Waals surface area contributed by atoms with Crippen LogP contribution in [0.15, 0.2) is 0 Å². The van der Waals surface area contributed by atoms with Crippen molar-refractivity contribution in [1.29, 1.82) is 0 Å². The monoisotopic (exact) mass is 156 g/mol. The van der Waals surface area contributed by atoms with E-state index in [-0.39, 0.29) is 17.6 Å². The van der Waals surface area contributed by atoms with E-state index < -0.39 is 6.10 Å². The Morgan fingerprint density at radius 2 is 2.18 bits per heavy atom. The van der Waals surface area contributed by atoms with Gasteiger partial charge in [0.05, 0.1) is 6.10 Å². The van der Waals surface area contributed by atoms with E-state index in [9.17, 15) is 9.90 Å². The van der Waals surface area contributed by atoms with Gasteiger partial charge in [-0.3, -0.25) is 4.79 Å². The van der Waals surface area contributed by atoms with Gasteiger partial charge in [0.1, 0.15) is 5.78 Å². The summed E-state index contributed by atoms with van der Waals surface area (Å²) >= 11 is 0. The Morgan fingerprint density at radius 3 is 2.64 bits per heavy atom. The average Bonchev–Trinajstić information content (AvgIpc) is 1.94.